The molecule has 0 aliphatic heterocycles. The Balaban J connectivity index is 3.85. The van der Waals surface area contributed by atoms with Gasteiger partial charge in [0.05, 0.1) is 5.75 Å². The fourth-order valence-electron chi connectivity index (χ4n) is 0.741. The number of rotatable bonds is 6. The lowest BCUT2D eigenvalue weighted by Gasteiger charge is -2.12. The molecule has 0 aliphatic carbocycles. The van der Waals surface area contributed by atoms with Gasteiger partial charge in [-0.25, -0.2) is 13.6 Å². The van der Waals surface area contributed by atoms with Crippen molar-refractivity contribution in [1.29, 1.82) is 0 Å². The van der Waals surface area contributed by atoms with E-state index in [0.717, 1.165) is 0 Å². The van der Waals surface area contributed by atoms with Crippen molar-refractivity contribution in [1.82, 2.24) is 5.32 Å². The molecule has 0 fully saturated rings. The van der Waals surface area contributed by atoms with Gasteiger partial charge in [-0.2, -0.15) is 0 Å². The molecule has 1 unspecified atom stereocenters. The molecule has 7 nitrogen and oxygen atoms in total. The quantitative estimate of drug-likeness (QED) is 0.456. The van der Waals surface area contributed by atoms with Crippen LogP contribution in [0.15, 0.2) is 0 Å². The zero-order chi connectivity index (χ0) is 11.2. The summed E-state index contributed by atoms with van der Waals surface area (Å²) in [6, 6.07) is 0. The average Bonchev–Trinajstić information content (AvgIpc) is 2.04. The molecule has 0 radical (unpaired) electrons. The Hall–Kier alpha value is -0.700. The summed E-state index contributed by atoms with van der Waals surface area (Å²) in [6.45, 7) is -0.00473. The van der Waals surface area contributed by atoms with Gasteiger partial charge in [-0.05, 0) is 0 Å². The van der Waals surface area contributed by atoms with Crippen LogP contribution in [0.4, 0.5) is 0 Å². The Labute approximate surface area is 82.8 Å². The SMILES string of the molecule is COC(CN)C(=O)NCCS(N)(=O)=O. The molecule has 0 spiro atoms. The minimum Gasteiger partial charge on any atom is -0.370 e. The summed E-state index contributed by atoms with van der Waals surface area (Å²) in [5.41, 5.74) is 5.21. The van der Waals surface area contributed by atoms with E-state index in [2.05, 4.69) is 5.32 Å². The first kappa shape index (κ1) is 13.3. The monoisotopic (exact) mass is 225 g/mol. The molecule has 5 N–H and O–H groups in total. The second-order valence-electron chi connectivity index (χ2n) is 2.62. The van der Waals surface area contributed by atoms with E-state index < -0.39 is 22.0 Å². The molecule has 1 atom stereocenters. The van der Waals surface area contributed by atoms with Crippen LogP contribution in [-0.2, 0) is 19.6 Å². The molecule has 0 rings (SSSR count). The number of ether oxygens (including phenoxy) is 1. The van der Waals surface area contributed by atoms with Crippen LogP contribution in [-0.4, -0.2) is 46.4 Å². The van der Waals surface area contributed by atoms with Gasteiger partial charge in [0, 0.05) is 20.2 Å². The molecule has 0 aromatic rings. The van der Waals surface area contributed by atoms with Crippen molar-refractivity contribution in [3.63, 3.8) is 0 Å². The largest absolute Gasteiger partial charge is 0.370 e. The van der Waals surface area contributed by atoms with Crippen molar-refractivity contribution >= 4 is 15.9 Å². The Morgan fingerprint density at radius 1 is 1.57 bits per heavy atom. The number of amides is 1. The standard InChI is InChI=1S/C6H15N3O4S/c1-13-5(4-7)6(10)9-2-3-14(8,11)12/h5H,2-4,7H2,1H3,(H,9,10)(H2,8,11,12). The fourth-order valence-corrected chi connectivity index (χ4v) is 1.13. The number of nitrogens with two attached hydrogens (primary N) is 2. The van der Waals surface area contributed by atoms with Gasteiger partial charge in [-0.3, -0.25) is 4.79 Å². The van der Waals surface area contributed by atoms with Crippen molar-refractivity contribution in [2.24, 2.45) is 10.9 Å². The number of nitrogens with one attached hydrogen (secondary N) is 1. The van der Waals surface area contributed by atoms with Crippen molar-refractivity contribution in [3.8, 4) is 0 Å². The predicted octanol–water partition coefficient (Wildman–Crippen LogP) is -2.64. The first-order valence-corrected chi connectivity index (χ1v) is 5.63. The third-order valence-corrected chi connectivity index (χ3v) is 2.25. The lowest BCUT2D eigenvalue weighted by Crippen LogP contribution is -2.42. The van der Waals surface area contributed by atoms with Crippen molar-refractivity contribution in [2.75, 3.05) is 26.0 Å². The summed E-state index contributed by atoms with van der Waals surface area (Å²) in [5, 5.41) is 7.07. The number of hydrogen-bond acceptors (Lipinski definition) is 5. The maximum Gasteiger partial charge on any atom is 0.250 e. The Morgan fingerprint density at radius 2 is 2.14 bits per heavy atom. The van der Waals surface area contributed by atoms with Crippen LogP contribution in [0.2, 0.25) is 0 Å². The summed E-state index contributed by atoms with van der Waals surface area (Å²) in [5.74, 6) is -0.752. The Morgan fingerprint density at radius 3 is 2.50 bits per heavy atom. The van der Waals surface area contributed by atoms with E-state index in [0.29, 0.717) is 0 Å². The minimum absolute atomic E-state index is 0.0394. The zero-order valence-electron chi connectivity index (χ0n) is 7.89. The van der Waals surface area contributed by atoms with E-state index in [9.17, 15) is 13.2 Å². The van der Waals surface area contributed by atoms with Gasteiger partial charge in [0.2, 0.25) is 15.9 Å². The van der Waals surface area contributed by atoms with Gasteiger partial charge in [-0.1, -0.05) is 0 Å². The molecule has 8 heteroatoms. The number of carbonyl (C=O) groups excluding carboxylic acids is 1. The molecule has 14 heavy (non-hydrogen) atoms. The topological polar surface area (TPSA) is 125 Å². The van der Waals surface area contributed by atoms with Crippen LogP contribution in [0, 0.1) is 0 Å². The first-order valence-electron chi connectivity index (χ1n) is 3.91. The summed E-state index contributed by atoms with van der Waals surface area (Å²) in [7, 11) is -2.20. The number of methoxy groups -OCH3 is 1. The zero-order valence-corrected chi connectivity index (χ0v) is 8.71. The number of hydrogen-bond donors (Lipinski definition) is 3. The van der Waals surface area contributed by atoms with Crippen molar-refractivity contribution in [2.45, 2.75) is 6.10 Å². The van der Waals surface area contributed by atoms with E-state index in [-0.39, 0.29) is 18.8 Å². The lowest BCUT2D eigenvalue weighted by atomic mass is 10.3. The molecule has 1 amide bonds. The summed E-state index contributed by atoms with van der Waals surface area (Å²) in [4.78, 5) is 11.1. The highest BCUT2D eigenvalue weighted by Gasteiger charge is 2.15. The van der Waals surface area contributed by atoms with Crippen LogP contribution in [0.1, 0.15) is 0 Å². The summed E-state index contributed by atoms with van der Waals surface area (Å²) in [6.07, 6.45) is -0.754. The molecule has 0 aliphatic rings. The molecule has 0 heterocycles. The van der Waals surface area contributed by atoms with Gasteiger partial charge in [-0.15, -0.1) is 0 Å². The number of primary sulfonamides is 1. The van der Waals surface area contributed by atoms with Gasteiger partial charge >= 0.3 is 0 Å². The molecule has 0 aromatic heterocycles. The maximum atomic E-state index is 11.1. The van der Waals surface area contributed by atoms with Gasteiger partial charge in [0.25, 0.3) is 0 Å². The number of sulfonamides is 1. The van der Waals surface area contributed by atoms with Gasteiger partial charge in [0.1, 0.15) is 6.10 Å². The average molecular weight is 225 g/mol. The smallest absolute Gasteiger partial charge is 0.250 e. The normalized spacial score (nSPS) is 13.6. The fraction of sp³-hybridized carbons (Fsp3) is 0.833. The first-order chi connectivity index (χ1) is 6.40. The molecular formula is C6H15N3O4S. The lowest BCUT2D eigenvalue weighted by molar-refractivity contribution is -0.130. The molecule has 0 saturated carbocycles. The molecule has 0 aromatic carbocycles. The van der Waals surface area contributed by atoms with Crippen LogP contribution in [0.5, 0.6) is 0 Å². The second-order valence-corrected chi connectivity index (χ2v) is 4.35. The third kappa shape index (κ3) is 5.86. The Bertz CT molecular complexity index is 273. The third-order valence-electron chi connectivity index (χ3n) is 1.48. The van der Waals surface area contributed by atoms with E-state index in [1.165, 1.54) is 7.11 Å². The second kappa shape index (κ2) is 5.91. The highest BCUT2D eigenvalue weighted by molar-refractivity contribution is 7.89. The van der Waals surface area contributed by atoms with Gasteiger partial charge < -0.3 is 15.8 Å². The van der Waals surface area contributed by atoms with Crippen LogP contribution < -0.4 is 16.2 Å². The summed E-state index contributed by atoms with van der Waals surface area (Å²) >= 11 is 0. The predicted molar refractivity (Wildman–Crippen MR) is 50.8 cm³/mol. The maximum absolute atomic E-state index is 11.1. The molecule has 84 valence electrons. The molecule has 0 bridgehead atoms. The van der Waals surface area contributed by atoms with Crippen molar-refractivity contribution in [3.05, 3.63) is 0 Å². The Kier molecular flexibility index (Phi) is 5.62. The molecule has 0 saturated heterocycles. The van der Waals surface area contributed by atoms with Crippen LogP contribution >= 0.6 is 0 Å². The summed E-state index contributed by atoms with van der Waals surface area (Å²) < 4.78 is 25.7. The van der Waals surface area contributed by atoms with E-state index in [1.807, 2.05) is 0 Å². The highest BCUT2D eigenvalue weighted by atomic mass is 32.2. The van der Waals surface area contributed by atoms with E-state index >= 15 is 0 Å². The van der Waals surface area contributed by atoms with Crippen LogP contribution in [0.3, 0.4) is 0 Å². The minimum atomic E-state index is -3.55. The van der Waals surface area contributed by atoms with Crippen LogP contribution in [0.25, 0.3) is 0 Å². The highest BCUT2D eigenvalue weighted by Crippen LogP contribution is 1.86. The molecular weight excluding hydrogens is 210 g/mol. The van der Waals surface area contributed by atoms with Gasteiger partial charge in [0.15, 0.2) is 0 Å². The van der Waals surface area contributed by atoms with E-state index in [1.54, 1.807) is 0 Å². The van der Waals surface area contributed by atoms with E-state index in [4.69, 9.17) is 15.6 Å². The van der Waals surface area contributed by atoms with Crippen molar-refractivity contribution < 1.29 is 17.9 Å². The number of carbonyl (C=O) groups is 1.